The van der Waals surface area contributed by atoms with Gasteiger partial charge < -0.3 is 15.0 Å². The number of aliphatic carboxylic acids is 1. The molecule has 1 aromatic heterocycles. The highest BCUT2D eigenvalue weighted by molar-refractivity contribution is 5.77. The normalized spacial score (nSPS) is 23.6. The molecule has 2 heterocycles. The number of carbonyl (C=O) groups is 1. The Balaban J connectivity index is 2.27. The van der Waals surface area contributed by atoms with Crippen molar-refractivity contribution in [2.24, 2.45) is 11.3 Å². The minimum absolute atomic E-state index is 0.0435. The van der Waals surface area contributed by atoms with E-state index >= 15 is 0 Å². The Hall–Kier alpha value is -1.85. The van der Waals surface area contributed by atoms with Gasteiger partial charge in [-0.05, 0) is 12.3 Å². The number of carboxylic acid groups (broad SMARTS) is 1. The number of aromatic amines is 1. The van der Waals surface area contributed by atoms with Gasteiger partial charge in [0.2, 0.25) is 0 Å². The van der Waals surface area contributed by atoms with Gasteiger partial charge in [-0.25, -0.2) is 4.98 Å². The number of aromatic nitrogens is 2. The van der Waals surface area contributed by atoms with Crippen LogP contribution in [0.4, 0.5) is 5.82 Å². The van der Waals surface area contributed by atoms with E-state index in [1.807, 2.05) is 18.7 Å². The molecule has 0 aliphatic carbocycles. The maximum Gasteiger partial charge on any atom is 0.311 e. The van der Waals surface area contributed by atoms with Crippen LogP contribution in [0.2, 0.25) is 0 Å². The van der Waals surface area contributed by atoms with Gasteiger partial charge in [-0.2, -0.15) is 0 Å². The number of carboxylic acids is 1. The summed E-state index contributed by atoms with van der Waals surface area (Å²) in [6.07, 6.45) is 1.92. The van der Waals surface area contributed by atoms with Gasteiger partial charge in [0.05, 0.1) is 11.7 Å². The molecule has 2 N–H and O–H groups in total. The molecule has 6 heteroatoms. The van der Waals surface area contributed by atoms with Crippen LogP contribution in [0.15, 0.2) is 17.2 Å². The quantitative estimate of drug-likeness (QED) is 0.826. The number of rotatable bonds is 3. The Morgan fingerprint density at radius 3 is 2.83 bits per heavy atom. The van der Waals surface area contributed by atoms with Crippen LogP contribution in [0.1, 0.15) is 20.3 Å². The molecule has 0 radical (unpaired) electrons. The highest BCUT2D eigenvalue weighted by Crippen LogP contribution is 2.39. The van der Waals surface area contributed by atoms with E-state index in [1.165, 1.54) is 12.4 Å². The largest absolute Gasteiger partial charge is 0.481 e. The summed E-state index contributed by atoms with van der Waals surface area (Å²) >= 11 is 0. The molecule has 1 atom stereocenters. The van der Waals surface area contributed by atoms with E-state index in [2.05, 4.69) is 9.97 Å². The lowest BCUT2D eigenvalue weighted by Gasteiger charge is -2.28. The smallest absolute Gasteiger partial charge is 0.311 e. The number of H-pyrrole nitrogens is 1. The van der Waals surface area contributed by atoms with Crippen molar-refractivity contribution < 1.29 is 9.90 Å². The Kier molecular flexibility index (Phi) is 3.11. The van der Waals surface area contributed by atoms with E-state index in [1.54, 1.807) is 0 Å². The number of anilines is 1. The Morgan fingerprint density at radius 1 is 1.61 bits per heavy atom. The molecule has 6 nitrogen and oxygen atoms in total. The van der Waals surface area contributed by atoms with Crippen molar-refractivity contribution in [1.82, 2.24) is 9.97 Å². The van der Waals surface area contributed by atoms with Gasteiger partial charge in [-0.15, -0.1) is 0 Å². The first-order chi connectivity index (χ1) is 8.45. The van der Waals surface area contributed by atoms with Gasteiger partial charge in [-0.3, -0.25) is 9.59 Å². The van der Waals surface area contributed by atoms with E-state index in [9.17, 15) is 14.7 Å². The molecule has 0 saturated carbocycles. The SMILES string of the molecule is CC(C)C1(C(=O)O)CCN(c2cc(=O)[nH]cn2)C1. The lowest BCUT2D eigenvalue weighted by atomic mass is 9.76. The molecule has 0 amide bonds. The van der Waals surface area contributed by atoms with Gasteiger partial charge in [0, 0.05) is 19.2 Å². The van der Waals surface area contributed by atoms with E-state index in [0.717, 1.165) is 0 Å². The van der Waals surface area contributed by atoms with Gasteiger partial charge in [0.1, 0.15) is 5.82 Å². The molecule has 1 fully saturated rings. The van der Waals surface area contributed by atoms with E-state index in [-0.39, 0.29) is 11.5 Å². The fraction of sp³-hybridized carbons (Fsp3) is 0.583. The zero-order valence-corrected chi connectivity index (χ0v) is 10.5. The summed E-state index contributed by atoms with van der Waals surface area (Å²) < 4.78 is 0. The van der Waals surface area contributed by atoms with Gasteiger partial charge in [0.15, 0.2) is 0 Å². The van der Waals surface area contributed by atoms with Crippen LogP contribution < -0.4 is 10.5 Å². The highest BCUT2D eigenvalue weighted by atomic mass is 16.4. The molecule has 0 spiro atoms. The van der Waals surface area contributed by atoms with Crippen molar-refractivity contribution in [2.45, 2.75) is 20.3 Å². The Morgan fingerprint density at radius 2 is 2.33 bits per heavy atom. The first kappa shape index (κ1) is 12.6. The molecule has 1 saturated heterocycles. The third-order valence-electron chi connectivity index (χ3n) is 3.82. The van der Waals surface area contributed by atoms with Gasteiger partial charge in [-0.1, -0.05) is 13.8 Å². The van der Waals surface area contributed by atoms with Crippen LogP contribution in [0, 0.1) is 11.3 Å². The third kappa shape index (κ3) is 1.98. The minimum atomic E-state index is -0.773. The summed E-state index contributed by atoms with van der Waals surface area (Å²) in [4.78, 5) is 31.1. The summed E-state index contributed by atoms with van der Waals surface area (Å²) in [5.41, 5.74) is -0.970. The fourth-order valence-electron chi connectivity index (χ4n) is 2.45. The predicted molar refractivity (Wildman–Crippen MR) is 66.6 cm³/mol. The lowest BCUT2D eigenvalue weighted by molar-refractivity contribution is -0.150. The highest BCUT2D eigenvalue weighted by Gasteiger charge is 2.47. The zero-order valence-electron chi connectivity index (χ0n) is 10.5. The second kappa shape index (κ2) is 4.44. The molecule has 1 aliphatic heterocycles. The van der Waals surface area contributed by atoms with Crippen LogP contribution in [-0.4, -0.2) is 34.1 Å². The van der Waals surface area contributed by atoms with Crippen LogP contribution in [0.5, 0.6) is 0 Å². The summed E-state index contributed by atoms with van der Waals surface area (Å²) in [5.74, 6) is -0.186. The molecule has 1 unspecified atom stereocenters. The van der Waals surface area contributed by atoms with Crippen LogP contribution in [-0.2, 0) is 4.79 Å². The second-order valence-corrected chi connectivity index (χ2v) is 5.06. The molecule has 0 bridgehead atoms. The summed E-state index contributed by atoms with van der Waals surface area (Å²) in [6, 6.07) is 1.40. The lowest BCUT2D eigenvalue weighted by Crippen LogP contribution is -2.39. The van der Waals surface area contributed by atoms with E-state index < -0.39 is 11.4 Å². The zero-order chi connectivity index (χ0) is 13.3. The Labute approximate surface area is 105 Å². The molecule has 1 aliphatic rings. The van der Waals surface area contributed by atoms with Crippen LogP contribution in [0.25, 0.3) is 0 Å². The van der Waals surface area contributed by atoms with Crippen molar-refractivity contribution >= 4 is 11.8 Å². The molecule has 2 rings (SSSR count). The molecule has 18 heavy (non-hydrogen) atoms. The number of nitrogens with zero attached hydrogens (tertiary/aromatic N) is 2. The van der Waals surface area contributed by atoms with Gasteiger partial charge in [0.25, 0.3) is 5.56 Å². The molecule has 98 valence electrons. The fourth-order valence-corrected chi connectivity index (χ4v) is 2.45. The maximum atomic E-state index is 11.5. The third-order valence-corrected chi connectivity index (χ3v) is 3.82. The molecular weight excluding hydrogens is 234 g/mol. The Bertz CT molecular complexity index is 511. The molecule has 1 aromatic rings. The average Bonchev–Trinajstić information content (AvgIpc) is 2.75. The van der Waals surface area contributed by atoms with E-state index in [4.69, 9.17) is 0 Å². The van der Waals surface area contributed by atoms with Crippen LogP contribution in [0.3, 0.4) is 0 Å². The minimum Gasteiger partial charge on any atom is -0.481 e. The second-order valence-electron chi connectivity index (χ2n) is 5.06. The standard InChI is InChI=1S/C12H17N3O3/c1-8(2)12(11(17)18)3-4-15(6-12)9-5-10(16)14-7-13-9/h5,7-8H,3-4,6H2,1-2H3,(H,17,18)(H,13,14,16). The molecular formula is C12H17N3O3. The number of hydrogen-bond donors (Lipinski definition) is 2. The number of nitrogens with one attached hydrogen (secondary N) is 1. The van der Waals surface area contributed by atoms with Crippen molar-refractivity contribution in [2.75, 3.05) is 18.0 Å². The van der Waals surface area contributed by atoms with Crippen LogP contribution >= 0.6 is 0 Å². The topological polar surface area (TPSA) is 86.3 Å². The van der Waals surface area contributed by atoms with Crippen molar-refractivity contribution in [3.8, 4) is 0 Å². The van der Waals surface area contributed by atoms with Crippen molar-refractivity contribution in [3.63, 3.8) is 0 Å². The van der Waals surface area contributed by atoms with Gasteiger partial charge >= 0.3 is 5.97 Å². The summed E-state index contributed by atoms with van der Waals surface area (Å²) in [5, 5.41) is 9.44. The average molecular weight is 251 g/mol. The van der Waals surface area contributed by atoms with E-state index in [0.29, 0.717) is 25.3 Å². The van der Waals surface area contributed by atoms with Crippen molar-refractivity contribution in [1.29, 1.82) is 0 Å². The predicted octanol–water partition coefficient (Wildman–Crippen LogP) is 0.707. The number of hydrogen-bond acceptors (Lipinski definition) is 4. The molecule has 0 aromatic carbocycles. The summed E-state index contributed by atoms with van der Waals surface area (Å²) in [7, 11) is 0. The monoisotopic (exact) mass is 251 g/mol. The first-order valence-electron chi connectivity index (χ1n) is 5.99. The first-order valence-corrected chi connectivity index (χ1v) is 5.99. The summed E-state index contributed by atoms with van der Waals surface area (Å²) in [6.45, 7) is 4.85. The maximum absolute atomic E-state index is 11.5. The van der Waals surface area contributed by atoms with Crippen molar-refractivity contribution in [3.05, 3.63) is 22.7 Å².